The van der Waals surface area contributed by atoms with Crippen molar-refractivity contribution in [3.8, 4) is 0 Å². The Morgan fingerprint density at radius 3 is 2.20 bits per heavy atom. The van der Waals surface area contributed by atoms with Gasteiger partial charge in [0.25, 0.3) is 0 Å². The van der Waals surface area contributed by atoms with Crippen LogP contribution in [-0.4, -0.2) is 30.1 Å². The zero-order valence-corrected chi connectivity index (χ0v) is 11.1. The molecule has 2 nitrogen and oxygen atoms in total. The fraction of sp³-hybridized carbons (Fsp3) is 1.00. The molecular weight excluding hydrogens is 184 g/mol. The van der Waals surface area contributed by atoms with Gasteiger partial charge in [0.1, 0.15) is 0 Å². The van der Waals surface area contributed by atoms with E-state index in [1.165, 1.54) is 32.2 Å². The third kappa shape index (κ3) is 6.16. The maximum atomic E-state index is 5.67. The van der Waals surface area contributed by atoms with Crippen molar-refractivity contribution in [1.82, 2.24) is 4.90 Å². The Bertz CT molecular complexity index is 134. The Hall–Kier alpha value is -0.0800. The topological polar surface area (TPSA) is 29.3 Å². The SMILES string of the molecule is CCCCCN(C(C)C)C(CC)CCN. The molecule has 1 atom stereocenters. The minimum Gasteiger partial charge on any atom is -0.330 e. The van der Waals surface area contributed by atoms with E-state index in [0.717, 1.165) is 13.0 Å². The van der Waals surface area contributed by atoms with E-state index >= 15 is 0 Å². The molecule has 0 fully saturated rings. The first kappa shape index (κ1) is 14.9. The molecule has 15 heavy (non-hydrogen) atoms. The molecule has 0 aliphatic carbocycles. The molecule has 2 N–H and O–H groups in total. The summed E-state index contributed by atoms with van der Waals surface area (Å²) in [5, 5.41) is 0. The summed E-state index contributed by atoms with van der Waals surface area (Å²) >= 11 is 0. The third-order valence-electron chi connectivity index (χ3n) is 3.12. The Kier molecular flexibility index (Phi) is 9.12. The lowest BCUT2D eigenvalue weighted by atomic mass is 10.1. The maximum Gasteiger partial charge on any atom is 0.0107 e. The molecule has 1 unspecified atom stereocenters. The zero-order valence-electron chi connectivity index (χ0n) is 11.1. The van der Waals surface area contributed by atoms with Gasteiger partial charge in [-0.25, -0.2) is 0 Å². The van der Waals surface area contributed by atoms with Gasteiger partial charge in [-0.3, -0.25) is 4.90 Å². The Labute approximate surface area is 96.2 Å². The van der Waals surface area contributed by atoms with E-state index in [-0.39, 0.29) is 0 Å². The van der Waals surface area contributed by atoms with Crippen LogP contribution in [0.5, 0.6) is 0 Å². The number of nitrogens with two attached hydrogens (primary N) is 1. The lowest BCUT2D eigenvalue weighted by Crippen LogP contribution is -2.41. The first-order valence-electron chi connectivity index (χ1n) is 6.63. The quantitative estimate of drug-likeness (QED) is 0.598. The van der Waals surface area contributed by atoms with Crippen LogP contribution in [0.1, 0.15) is 59.8 Å². The van der Waals surface area contributed by atoms with Crippen LogP contribution in [-0.2, 0) is 0 Å². The first-order valence-corrected chi connectivity index (χ1v) is 6.63. The van der Waals surface area contributed by atoms with Gasteiger partial charge in [0, 0.05) is 12.1 Å². The molecule has 0 heterocycles. The van der Waals surface area contributed by atoms with Crippen LogP contribution in [0.3, 0.4) is 0 Å². The van der Waals surface area contributed by atoms with Gasteiger partial charge in [-0.05, 0) is 46.2 Å². The summed E-state index contributed by atoms with van der Waals surface area (Å²) in [6.07, 6.45) is 6.35. The van der Waals surface area contributed by atoms with Gasteiger partial charge < -0.3 is 5.73 Å². The molecule has 0 aromatic heterocycles. The van der Waals surface area contributed by atoms with E-state index in [9.17, 15) is 0 Å². The van der Waals surface area contributed by atoms with Crippen LogP contribution in [0.25, 0.3) is 0 Å². The highest BCUT2D eigenvalue weighted by atomic mass is 15.2. The van der Waals surface area contributed by atoms with Gasteiger partial charge in [0.15, 0.2) is 0 Å². The second-order valence-corrected chi connectivity index (χ2v) is 4.68. The second kappa shape index (κ2) is 9.17. The second-order valence-electron chi connectivity index (χ2n) is 4.68. The molecule has 0 saturated heterocycles. The normalized spacial score (nSPS) is 13.8. The molecule has 0 aromatic carbocycles. The maximum absolute atomic E-state index is 5.67. The number of hydrogen-bond acceptors (Lipinski definition) is 2. The van der Waals surface area contributed by atoms with Crippen molar-refractivity contribution in [2.24, 2.45) is 5.73 Å². The summed E-state index contributed by atoms with van der Waals surface area (Å²) in [5.74, 6) is 0. The molecule has 0 saturated carbocycles. The molecule has 0 bridgehead atoms. The van der Waals surface area contributed by atoms with Crippen molar-refractivity contribution in [3.05, 3.63) is 0 Å². The van der Waals surface area contributed by atoms with Crippen LogP contribution in [0.4, 0.5) is 0 Å². The fourth-order valence-corrected chi connectivity index (χ4v) is 2.20. The lowest BCUT2D eigenvalue weighted by Gasteiger charge is -2.34. The minimum absolute atomic E-state index is 0.651. The summed E-state index contributed by atoms with van der Waals surface area (Å²) in [4.78, 5) is 2.63. The van der Waals surface area contributed by atoms with E-state index in [1.807, 2.05) is 0 Å². The molecule has 0 aliphatic rings. The molecule has 0 radical (unpaired) electrons. The summed E-state index contributed by atoms with van der Waals surface area (Å²) in [7, 11) is 0. The van der Waals surface area contributed by atoms with Gasteiger partial charge in [0.2, 0.25) is 0 Å². The number of unbranched alkanes of at least 4 members (excludes halogenated alkanes) is 2. The lowest BCUT2D eigenvalue weighted by molar-refractivity contribution is 0.139. The van der Waals surface area contributed by atoms with Crippen LogP contribution in [0.2, 0.25) is 0 Å². The van der Waals surface area contributed by atoms with E-state index in [0.29, 0.717) is 12.1 Å². The molecule has 0 spiro atoms. The summed E-state index contributed by atoms with van der Waals surface area (Å²) in [5.41, 5.74) is 5.67. The standard InChI is InChI=1S/C13H30N2/c1-5-7-8-11-15(12(3)4)13(6-2)9-10-14/h12-13H,5-11,14H2,1-4H3. The van der Waals surface area contributed by atoms with E-state index in [4.69, 9.17) is 5.73 Å². The highest BCUT2D eigenvalue weighted by Gasteiger charge is 2.18. The Morgan fingerprint density at radius 1 is 1.13 bits per heavy atom. The van der Waals surface area contributed by atoms with Gasteiger partial charge in [-0.15, -0.1) is 0 Å². The van der Waals surface area contributed by atoms with E-state index < -0.39 is 0 Å². The summed E-state index contributed by atoms with van der Waals surface area (Å²) in [6.45, 7) is 11.2. The van der Waals surface area contributed by atoms with Crippen molar-refractivity contribution in [3.63, 3.8) is 0 Å². The Morgan fingerprint density at radius 2 is 1.80 bits per heavy atom. The van der Waals surface area contributed by atoms with E-state index in [1.54, 1.807) is 0 Å². The average Bonchev–Trinajstić information content (AvgIpc) is 2.21. The monoisotopic (exact) mass is 214 g/mol. The molecule has 0 aromatic rings. The van der Waals surface area contributed by atoms with Gasteiger partial charge in [-0.2, -0.15) is 0 Å². The van der Waals surface area contributed by atoms with Gasteiger partial charge in [-0.1, -0.05) is 26.7 Å². The number of rotatable bonds is 9. The first-order chi connectivity index (χ1) is 7.17. The molecule has 2 heteroatoms. The molecular formula is C13H30N2. The number of hydrogen-bond donors (Lipinski definition) is 1. The summed E-state index contributed by atoms with van der Waals surface area (Å²) < 4.78 is 0. The highest BCUT2D eigenvalue weighted by Crippen LogP contribution is 2.13. The van der Waals surface area contributed by atoms with Gasteiger partial charge in [0.05, 0.1) is 0 Å². The minimum atomic E-state index is 0.651. The summed E-state index contributed by atoms with van der Waals surface area (Å²) in [6, 6.07) is 1.34. The third-order valence-corrected chi connectivity index (χ3v) is 3.12. The fourth-order valence-electron chi connectivity index (χ4n) is 2.20. The highest BCUT2D eigenvalue weighted by molar-refractivity contribution is 4.74. The molecule has 0 amide bonds. The smallest absolute Gasteiger partial charge is 0.0107 e. The largest absolute Gasteiger partial charge is 0.330 e. The van der Waals surface area contributed by atoms with E-state index in [2.05, 4.69) is 32.6 Å². The predicted molar refractivity (Wildman–Crippen MR) is 69.1 cm³/mol. The van der Waals surface area contributed by atoms with Crippen molar-refractivity contribution >= 4 is 0 Å². The van der Waals surface area contributed by atoms with Crippen molar-refractivity contribution in [2.75, 3.05) is 13.1 Å². The van der Waals surface area contributed by atoms with Crippen molar-refractivity contribution in [2.45, 2.75) is 71.9 Å². The predicted octanol–water partition coefficient (Wildman–Crippen LogP) is 3.01. The van der Waals surface area contributed by atoms with Crippen LogP contribution in [0.15, 0.2) is 0 Å². The van der Waals surface area contributed by atoms with Gasteiger partial charge >= 0.3 is 0 Å². The molecule has 92 valence electrons. The van der Waals surface area contributed by atoms with Crippen molar-refractivity contribution in [1.29, 1.82) is 0 Å². The average molecular weight is 214 g/mol. The van der Waals surface area contributed by atoms with Crippen LogP contribution in [0, 0.1) is 0 Å². The molecule has 0 rings (SSSR count). The molecule has 0 aliphatic heterocycles. The zero-order chi connectivity index (χ0) is 11.7. The number of nitrogens with zero attached hydrogens (tertiary/aromatic N) is 1. The van der Waals surface area contributed by atoms with Crippen molar-refractivity contribution < 1.29 is 0 Å². The van der Waals surface area contributed by atoms with Crippen LogP contribution >= 0.6 is 0 Å². The Balaban J connectivity index is 4.09. The van der Waals surface area contributed by atoms with Crippen LogP contribution < -0.4 is 5.73 Å².